The number of likely N-dealkylation sites (N-methyl/N-ethyl adjacent to an activating group) is 1. The summed E-state index contributed by atoms with van der Waals surface area (Å²) in [4.78, 5) is 39.9. The number of nitrogens with one attached hydrogen (secondary N) is 1. The lowest BCUT2D eigenvalue weighted by atomic mass is 10.1. The Hall–Kier alpha value is -2.81. The first kappa shape index (κ1) is 19.5. The molecule has 0 saturated carbocycles. The van der Waals surface area contributed by atoms with Crippen LogP contribution in [0.2, 0.25) is 0 Å². The van der Waals surface area contributed by atoms with Crippen molar-refractivity contribution in [1.29, 1.82) is 0 Å². The van der Waals surface area contributed by atoms with E-state index in [0.717, 1.165) is 6.07 Å². The molecule has 1 fully saturated rings. The van der Waals surface area contributed by atoms with Crippen molar-refractivity contribution in [2.75, 3.05) is 33.2 Å². The number of hydrogen-bond acceptors (Lipinski definition) is 6. The normalized spacial score (nSPS) is 16.1. The smallest absolute Gasteiger partial charge is 0.245 e. The van der Waals surface area contributed by atoms with E-state index in [1.54, 1.807) is 4.90 Å². The van der Waals surface area contributed by atoms with E-state index >= 15 is 0 Å². The minimum Gasteiger partial charge on any atom is -0.508 e. The van der Waals surface area contributed by atoms with Crippen LogP contribution in [0.3, 0.4) is 0 Å². The van der Waals surface area contributed by atoms with Crippen LogP contribution in [-0.4, -0.2) is 77.0 Å². The second-order valence-corrected chi connectivity index (χ2v) is 6.41. The van der Waals surface area contributed by atoms with Crippen molar-refractivity contribution < 1.29 is 24.6 Å². The molecule has 9 heteroatoms. The number of nitrogens with zero attached hydrogens (tertiary/aromatic N) is 2. The Labute approximate surface area is 151 Å². The second kappa shape index (κ2) is 8.52. The third-order valence-electron chi connectivity index (χ3n) is 4.27. The van der Waals surface area contributed by atoms with Crippen LogP contribution >= 0.6 is 0 Å². The summed E-state index contributed by atoms with van der Waals surface area (Å²) in [7, 11) is 1.95. The molecule has 1 saturated heterocycles. The summed E-state index contributed by atoms with van der Waals surface area (Å²) in [5, 5.41) is 21.6. The van der Waals surface area contributed by atoms with E-state index in [1.807, 2.05) is 7.05 Å². The molecule has 142 valence electrons. The highest BCUT2D eigenvalue weighted by atomic mass is 16.3. The van der Waals surface area contributed by atoms with E-state index in [1.165, 1.54) is 12.1 Å². The Bertz CT molecular complexity index is 686. The van der Waals surface area contributed by atoms with Crippen LogP contribution in [0.15, 0.2) is 18.2 Å². The van der Waals surface area contributed by atoms with Crippen LogP contribution in [0.5, 0.6) is 11.5 Å². The molecule has 5 N–H and O–H groups in total. The van der Waals surface area contributed by atoms with E-state index in [4.69, 9.17) is 5.73 Å². The summed E-state index contributed by atoms with van der Waals surface area (Å²) in [6, 6.07) is 2.84. The molecule has 2 rings (SSSR count). The van der Waals surface area contributed by atoms with E-state index < -0.39 is 17.9 Å². The summed E-state index contributed by atoms with van der Waals surface area (Å²) in [5.41, 5.74) is 5.51. The van der Waals surface area contributed by atoms with Crippen LogP contribution < -0.4 is 11.1 Å². The number of amides is 3. The minimum atomic E-state index is -1.04. The molecule has 0 bridgehead atoms. The molecule has 9 nitrogen and oxygen atoms in total. The Morgan fingerprint density at radius 2 is 1.85 bits per heavy atom. The third-order valence-corrected chi connectivity index (χ3v) is 4.27. The van der Waals surface area contributed by atoms with Crippen LogP contribution in [0.1, 0.15) is 12.0 Å². The number of phenolic OH excluding ortho intramolecular Hbond substituents is 2. The average Bonchev–Trinajstić information content (AvgIpc) is 2.56. The van der Waals surface area contributed by atoms with E-state index in [9.17, 15) is 24.6 Å². The first-order valence-electron chi connectivity index (χ1n) is 8.32. The van der Waals surface area contributed by atoms with Crippen molar-refractivity contribution in [1.82, 2.24) is 15.1 Å². The molecule has 3 amide bonds. The zero-order chi connectivity index (χ0) is 19.3. The fourth-order valence-corrected chi connectivity index (χ4v) is 2.77. The number of aromatic hydroxyl groups is 2. The number of primary amides is 1. The number of nitrogens with two attached hydrogens (primary N) is 1. The van der Waals surface area contributed by atoms with E-state index in [-0.39, 0.29) is 30.2 Å². The van der Waals surface area contributed by atoms with Gasteiger partial charge in [-0.2, -0.15) is 0 Å². The topological polar surface area (TPSA) is 136 Å². The molecular weight excluding hydrogens is 340 g/mol. The molecule has 1 heterocycles. The van der Waals surface area contributed by atoms with Gasteiger partial charge in [0.2, 0.25) is 17.7 Å². The molecule has 1 atom stereocenters. The average molecular weight is 364 g/mol. The van der Waals surface area contributed by atoms with Gasteiger partial charge in [-0.3, -0.25) is 14.4 Å². The second-order valence-electron chi connectivity index (χ2n) is 6.41. The predicted molar refractivity (Wildman–Crippen MR) is 93.3 cm³/mol. The molecule has 1 aliphatic rings. The van der Waals surface area contributed by atoms with E-state index in [2.05, 4.69) is 10.2 Å². The van der Waals surface area contributed by atoms with Gasteiger partial charge in [0.05, 0.1) is 12.8 Å². The predicted octanol–water partition coefficient (Wildman–Crippen LogP) is -1.23. The molecular formula is C17H24N4O5. The minimum absolute atomic E-state index is 0.122. The first-order valence-corrected chi connectivity index (χ1v) is 8.32. The molecule has 26 heavy (non-hydrogen) atoms. The summed E-state index contributed by atoms with van der Waals surface area (Å²) in [5.74, 6) is -1.91. The maximum Gasteiger partial charge on any atom is 0.245 e. The fourth-order valence-electron chi connectivity index (χ4n) is 2.77. The van der Waals surface area contributed by atoms with Gasteiger partial charge in [0, 0.05) is 37.8 Å². The van der Waals surface area contributed by atoms with Gasteiger partial charge in [0.15, 0.2) is 0 Å². The lowest BCUT2D eigenvalue weighted by Gasteiger charge is -2.34. The molecule has 1 aromatic carbocycles. The quantitative estimate of drug-likeness (QED) is 0.499. The van der Waals surface area contributed by atoms with Gasteiger partial charge in [-0.15, -0.1) is 0 Å². The SMILES string of the molecule is CN1CCN(C(=O)[C@H](CC(N)=O)NC(=O)Cc2ccc(O)cc2O)CC1. The van der Waals surface area contributed by atoms with Crippen molar-refractivity contribution in [2.45, 2.75) is 18.9 Å². The van der Waals surface area contributed by atoms with Gasteiger partial charge in [-0.05, 0) is 13.1 Å². The highest BCUT2D eigenvalue weighted by Gasteiger charge is 2.29. The van der Waals surface area contributed by atoms with Crippen molar-refractivity contribution >= 4 is 17.7 Å². The molecule has 0 aliphatic carbocycles. The first-order chi connectivity index (χ1) is 12.3. The maximum absolute atomic E-state index is 12.6. The Balaban J connectivity index is 2.03. The van der Waals surface area contributed by atoms with Gasteiger partial charge in [0.25, 0.3) is 0 Å². The Kier molecular flexibility index (Phi) is 6.40. The van der Waals surface area contributed by atoms with Gasteiger partial charge in [-0.25, -0.2) is 0 Å². The van der Waals surface area contributed by atoms with Crippen LogP contribution in [0.25, 0.3) is 0 Å². The Morgan fingerprint density at radius 1 is 1.19 bits per heavy atom. The zero-order valence-corrected chi connectivity index (χ0v) is 14.6. The highest BCUT2D eigenvalue weighted by molar-refractivity contribution is 5.92. The van der Waals surface area contributed by atoms with Crippen molar-refractivity contribution in [3.8, 4) is 11.5 Å². The molecule has 0 spiro atoms. The monoisotopic (exact) mass is 364 g/mol. The van der Waals surface area contributed by atoms with Crippen LogP contribution in [-0.2, 0) is 20.8 Å². The number of hydrogen-bond donors (Lipinski definition) is 4. The zero-order valence-electron chi connectivity index (χ0n) is 14.6. The number of piperazine rings is 1. The standard InChI is InChI=1S/C17H24N4O5/c1-20-4-6-21(7-5-20)17(26)13(10-15(18)24)19-16(25)8-11-2-3-12(22)9-14(11)23/h2-3,9,13,22-23H,4-8,10H2,1H3,(H2,18,24)(H,19,25)/t13-/m0/s1. The largest absolute Gasteiger partial charge is 0.508 e. The third kappa shape index (κ3) is 5.35. The van der Waals surface area contributed by atoms with Crippen molar-refractivity contribution in [2.24, 2.45) is 5.73 Å². The van der Waals surface area contributed by atoms with Gasteiger partial charge in [-0.1, -0.05) is 6.07 Å². The lowest BCUT2D eigenvalue weighted by molar-refractivity contribution is -0.139. The van der Waals surface area contributed by atoms with Crippen LogP contribution in [0, 0.1) is 0 Å². The Morgan fingerprint density at radius 3 is 2.42 bits per heavy atom. The van der Waals surface area contributed by atoms with Gasteiger partial charge < -0.3 is 31.1 Å². The molecule has 0 aromatic heterocycles. The summed E-state index contributed by atoms with van der Waals surface area (Å²) in [6.45, 7) is 2.45. The summed E-state index contributed by atoms with van der Waals surface area (Å²) in [6.07, 6.45) is -0.490. The molecule has 1 aromatic rings. The van der Waals surface area contributed by atoms with Crippen LogP contribution in [0.4, 0.5) is 0 Å². The molecule has 0 radical (unpaired) electrons. The van der Waals surface area contributed by atoms with Crippen molar-refractivity contribution in [3.63, 3.8) is 0 Å². The number of phenols is 2. The van der Waals surface area contributed by atoms with Gasteiger partial charge in [0.1, 0.15) is 17.5 Å². The van der Waals surface area contributed by atoms with Crippen molar-refractivity contribution in [3.05, 3.63) is 23.8 Å². The van der Waals surface area contributed by atoms with Gasteiger partial charge >= 0.3 is 0 Å². The summed E-state index contributed by atoms with van der Waals surface area (Å²) < 4.78 is 0. The number of carbonyl (C=O) groups excluding carboxylic acids is 3. The number of carbonyl (C=O) groups is 3. The summed E-state index contributed by atoms with van der Waals surface area (Å²) >= 11 is 0. The maximum atomic E-state index is 12.6. The highest BCUT2D eigenvalue weighted by Crippen LogP contribution is 2.22. The van der Waals surface area contributed by atoms with E-state index in [0.29, 0.717) is 31.7 Å². The fraction of sp³-hybridized carbons (Fsp3) is 0.471. The lowest BCUT2D eigenvalue weighted by Crippen LogP contribution is -2.55. The molecule has 0 unspecified atom stereocenters. The number of rotatable bonds is 6. The molecule has 1 aliphatic heterocycles. The number of benzene rings is 1.